The number of anilines is 1. The second-order valence-electron chi connectivity index (χ2n) is 5.90. The Bertz CT molecular complexity index is 479. The fourth-order valence-electron chi connectivity index (χ4n) is 2.65. The molecule has 4 heteroatoms. The van der Waals surface area contributed by atoms with Crippen molar-refractivity contribution in [3.8, 4) is 0 Å². The molecule has 0 atom stereocenters. The zero-order valence-electron chi connectivity index (χ0n) is 12.5. The van der Waals surface area contributed by atoms with Crippen LogP contribution in [0.15, 0.2) is 22.7 Å². The van der Waals surface area contributed by atoms with E-state index in [1.807, 2.05) is 4.90 Å². The molecule has 3 nitrogen and oxygen atoms in total. The number of carbonyl (C=O) groups is 1. The summed E-state index contributed by atoms with van der Waals surface area (Å²) in [6.07, 6.45) is 0.664. The van der Waals surface area contributed by atoms with Crippen LogP contribution in [0.5, 0.6) is 0 Å². The number of piperazine rings is 1. The molecule has 1 amide bonds. The lowest BCUT2D eigenvalue weighted by molar-refractivity contribution is -0.132. The minimum Gasteiger partial charge on any atom is -0.368 e. The standard InChI is InChI=1S/C16H23BrN2O/c1-12(2)10-16(20)19-8-6-18(7-9-19)15-5-4-14(17)11-13(15)3/h4-5,11-12H,6-10H2,1-3H3. The highest BCUT2D eigenvalue weighted by Crippen LogP contribution is 2.25. The zero-order chi connectivity index (χ0) is 14.7. The van der Waals surface area contributed by atoms with Gasteiger partial charge in [-0.05, 0) is 36.6 Å². The molecule has 1 aliphatic rings. The largest absolute Gasteiger partial charge is 0.368 e. The summed E-state index contributed by atoms with van der Waals surface area (Å²) in [5.74, 6) is 0.737. The molecule has 0 radical (unpaired) electrons. The smallest absolute Gasteiger partial charge is 0.222 e. The van der Waals surface area contributed by atoms with Crippen LogP contribution in [0.3, 0.4) is 0 Å². The molecule has 0 unspecified atom stereocenters. The Hall–Kier alpha value is -1.03. The van der Waals surface area contributed by atoms with E-state index < -0.39 is 0 Å². The number of benzene rings is 1. The lowest BCUT2D eigenvalue weighted by Gasteiger charge is -2.37. The third kappa shape index (κ3) is 3.75. The van der Waals surface area contributed by atoms with Crippen LogP contribution in [0.25, 0.3) is 0 Å². The minimum atomic E-state index is 0.298. The number of hydrogen-bond acceptors (Lipinski definition) is 2. The first-order chi connectivity index (χ1) is 9.47. The summed E-state index contributed by atoms with van der Waals surface area (Å²) in [7, 11) is 0. The molecule has 1 aliphatic heterocycles. The summed E-state index contributed by atoms with van der Waals surface area (Å²) in [4.78, 5) is 16.4. The van der Waals surface area contributed by atoms with Gasteiger partial charge >= 0.3 is 0 Å². The average molecular weight is 339 g/mol. The van der Waals surface area contributed by atoms with Crippen LogP contribution in [0.4, 0.5) is 5.69 Å². The van der Waals surface area contributed by atoms with E-state index in [9.17, 15) is 4.79 Å². The molecule has 1 fully saturated rings. The van der Waals surface area contributed by atoms with E-state index in [0.717, 1.165) is 30.7 Å². The Morgan fingerprint density at radius 2 is 1.90 bits per heavy atom. The predicted octanol–water partition coefficient (Wildman–Crippen LogP) is 3.45. The Morgan fingerprint density at radius 3 is 2.45 bits per heavy atom. The summed E-state index contributed by atoms with van der Waals surface area (Å²) in [5, 5.41) is 0. The summed E-state index contributed by atoms with van der Waals surface area (Å²) in [6, 6.07) is 6.38. The van der Waals surface area contributed by atoms with Gasteiger partial charge in [-0.1, -0.05) is 29.8 Å². The Labute approximate surface area is 130 Å². The van der Waals surface area contributed by atoms with Gasteiger partial charge in [-0.3, -0.25) is 4.79 Å². The number of hydrogen-bond donors (Lipinski definition) is 0. The second kappa shape index (κ2) is 6.61. The SMILES string of the molecule is Cc1cc(Br)ccc1N1CCN(C(=O)CC(C)C)CC1. The lowest BCUT2D eigenvalue weighted by atomic mass is 10.1. The van der Waals surface area contributed by atoms with Gasteiger partial charge in [0, 0.05) is 42.8 Å². The van der Waals surface area contributed by atoms with Gasteiger partial charge in [0.25, 0.3) is 0 Å². The van der Waals surface area contributed by atoms with Crippen LogP contribution in [0.1, 0.15) is 25.8 Å². The maximum atomic E-state index is 12.1. The summed E-state index contributed by atoms with van der Waals surface area (Å²) in [5.41, 5.74) is 2.56. The van der Waals surface area contributed by atoms with Crippen LogP contribution in [-0.4, -0.2) is 37.0 Å². The number of amides is 1. The summed E-state index contributed by atoms with van der Waals surface area (Å²) >= 11 is 3.50. The highest BCUT2D eigenvalue weighted by Gasteiger charge is 2.22. The first kappa shape index (κ1) is 15.4. The van der Waals surface area contributed by atoms with Crippen LogP contribution < -0.4 is 4.90 Å². The van der Waals surface area contributed by atoms with Gasteiger partial charge in [0.15, 0.2) is 0 Å². The monoisotopic (exact) mass is 338 g/mol. The maximum Gasteiger partial charge on any atom is 0.222 e. The third-order valence-corrected chi connectivity index (χ3v) is 4.21. The number of carbonyl (C=O) groups excluding carboxylic acids is 1. The molecular formula is C16H23BrN2O. The fourth-order valence-corrected chi connectivity index (χ4v) is 3.12. The van der Waals surface area contributed by atoms with Gasteiger partial charge in [0.05, 0.1) is 0 Å². The number of nitrogens with zero attached hydrogens (tertiary/aromatic N) is 2. The highest BCUT2D eigenvalue weighted by atomic mass is 79.9. The maximum absolute atomic E-state index is 12.1. The summed E-state index contributed by atoms with van der Waals surface area (Å²) < 4.78 is 1.12. The van der Waals surface area contributed by atoms with E-state index in [1.165, 1.54) is 11.3 Å². The van der Waals surface area contributed by atoms with Crippen molar-refractivity contribution >= 4 is 27.5 Å². The van der Waals surface area contributed by atoms with E-state index in [4.69, 9.17) is 0 Å². The Balaban J connectivity index is 1.95. The van der Waals surface area contributed by atoms with E-state index in [2.05, 4.69) is 59.8 Å². The van der Waals surface area contributed by atoms with E-state index >= 15 is 0 Å². The predicted molar refractivity (Wildman–Crippen MR) is 87.1 cm³/mol. The second-order valence-corrected chi connectivity index (χ2v) is 6.81. The Morgan fingerprint density at radius 1 is 1.25 bits per heavy atom. The van der Waals surface area contributed by atoms with E-state index in [1.54, 1.807) is 0 Å². The topological polar surface area (TPSA) is 23.6 Å². The lowest BCUT2D eigenvalue weighted by Crippen LogP contribution is -2.49. The highest BCUT2D eigenvalue weighted by molar-refractivity contribution is 9.10. The molecule has 110 valence electrons. The van der Waals surface area contributed by atoms with Crippen molar-refractivity contribution in [1.82, 2.24) is 4.90 Å². The van der Waals surface area contributed by atoms with Crippen LogP contribution in [0.2, 0.25) is 0 Å². The molecule has 0 spiro atoms. The molecule has 0 N–H and O–H groups in total. The number of aryl methyl sites for hydroxylation is 1. The molecule has 2 rings (SSSR count). The molecule has 1 aromatic carbocycles. The van der Waals surface area contributed by atoms with E-state index in [-0.39, 0.29) is 0 Å². The average Bonchev–Trinajstić information content (AvgIpc) is 2.38. The van der Waals surface area contributed by atoms with Crippen molar-refractivity contribution in [3.63, 3.8) is 0 Å². The normalized spacial score (nSPS) is 15.8. The third-order valence-electron chi connectivity index (χ3n) is 3.71. The molecule has 1 aromatic rings. The number of rotatable bonds is 3. The van der Waals surface area contributed by atoms with Crippen molar-refractivity contribution in [1.29, 1.82) is 0 Å². The van der Waals surface area contributed by atoms with Gasteiger partial charge in [0.1, 0.15) is 0 Å². The van der Waals surface area contributed by atoms with Crippen molar-refractivity contribution in [3.05, 3.63) is 28.2 Å². The molecular weight excluding hydrogens is 316 g/mol. The Kier molecular flexibility index (Phi) is 5.08. The molecule has 0 aromatic heterocycles. The van der Waals surface area contributed by atoms with Gasteiger partial charge in [-0.15, -0.1) is 0 Å². The van der Waals surface area contributed by atoms with Gasteiger partial charge in [0.2, 0.25) is 5.91 Å². The molecule has 20 heavy (non-hydrogen) atoms. The first-order valence-electron chi connectivity index (χ1n) is 7.26. The van der Waals surface area contributed by atoms with Gasteiger partial charge in [-0.2, -0.15) is 0 Å². The first-order valence-corrected chi connectivity index (χ1v) is 8.05. The number of halogens is 1. The van der Waals surface area contributed by atoms with Crippen LogP contribution in [0, 0.1) is 12.8 Å². The van der Waals surface area contributed by atoms with Crippen molar-refractivity contribution in [2.24, 2.45) is 5.92 Å². The summed E-state index contributed by atoms with van der Waals surface area (Å²) in [6.45, 7) is 9.84. The molecule has 0 bridgehead atoms. The van der Waals surface area contributed by atoms with Crippen LogP contribution in [-0.2, 0) is 4.79 Å². The van der Waals surface area contributed by atoms with E-state index in [0.29, 0.717) is 18.2 Å². The molecule has 1 saturated heterocycles. The molecule has 1 heterocycles. The van der Waals surface area contributed by atoms with Crippen LogP contribution >= 0.6 is 15.9 Å². The zero-order valence-corrected chi connectivity index (χ0v) is 14.1. The van der Waals surface area contributed by atoms with Crippen molar-refractivity contribution in [2.45, 2.75) is 27.2 Å². The quantitative estimate of drug-likeness (QED) is 0.842. The fraction of sp³-hybridized carbons (Fsp3) is 0.562. The van der Waals surface area contributed by atoms with Gasteiger partial charge < -0.3 is 9.80 Å². The van der Waals surface area contributed by atoms with Crippen molar-refractivity contribution < 1.29 is 4.79 Å². The van der Waals surface area contributed by atoms with Gasteiger partial charge in [-0.25, -0.2) is 0 Å². The van der Waals surface area contributed by atoms with Crippen molar-refractivity contribution in [2.75, 3.05) is 31.1 Å². The minimum absolute atomic E-state index is 0.298. The molecule has 0 aliphatic carbocycles. The molecule has 0 saturated carbocycles.